The number of hydrogen-bond acceptors (Lipinski definition) is 4. The smallest absolute Gasteiger partial charge is 0.335 e. The number of benzene rings is 1. The highest BCUT2D eigenvalue weighted by Crippen LogP contribution is 2.21. The first-order chi connectivity index (χ1) is 9.84. The minimum atomic E-state index is -4.18. The summed E-state index contributed by atoms with van der Waals surface area (Å²) in [5.41, 5.74) is -0.305. The lowest BCUT2D eigenvalue weighted by Crippen LogP contribution is -2.34. The molecule has 0 radical (unpaired) electrons. The van der Waals surface area contributed by atoms with Gasteiger partial charge in [-0.25, -0.2) is 17.6 Å². The molecule has 21 heavy (non-hydrogen) atoms. The van der Waals surface area contributed by atoms with E-state index in [0.29, 0.717) is 0 Å². The van der Waals surface area contributed by atoms with Gasteiger partial charge in [0.15, 0.2) is 0 Å². The van der Waals surface area contributed by atoms with E-state index in [1.54, 1.807) is 0 Å². The van der Waals surface area contributed by atoms with Crippen molar-refractivity contribution in [3.8, 4) is 0 Å². The van der Waals surface area contributed by atoms with Crippen molar-refractivity contribution in [2.24, 2.45) is 0 Å². The van der Waals surface area contributed by atoms with E-state index in [-0.39, 0.29) is 25.3 Å². The van der Waals surface area contributed by atoms with Crippen molar-refractivity contribution in [1.29, 1.82) is 0 Å². The fraction of sp³-hybridized carbons (Fsp3) is 0.308. The Hall–Kier alpha value is -1.77. The van der Waals surface area contributed by atoms with Crippen LogP contribution < -0.4 is 0 Å². The maximum atomic E-state index is 13.8. The largest absolute Gasteiger partial charge is 0.478 e. The highest BCUT2D eigenvalue weighted by atomic mass is 32.2. The van der Waals surface area contributed by atoms with E-state index >= 15 is 0 Å². The fourth-order valence-corrected chi connectivity index (χ4v) is 3.10. The fourth-order valence-electron chi connectivity index (χ4n) is 1.62. The van der Waals surface area contributed by atoms with E-state index in [9.17, 15) is 17.6 Å². The molecule has 0 unspecified atom stereocenters. The summed E-state index contributed by atoms with van der Waals surface area (Å²) in [6.07, 6.45) is 1.35. The lowest BCUT2D eigenvalue weighted by atomic mass is 10.2. The molecular weight excluding hydrogens is 301 g/mol. The summed E-state index contributed by atoms with van der Waals surface area (Å²) in [4.78, 5) is 10.2. The first-order valence-electron chi connectivity index (χ1n) is 5.97. The van der Waals surface area contributed by atoms with Gasteiger partial charge in [0.25, 0.3) is 0 Å². The van der Waals surface area contributed by atoms with Crippen LogP contribution in [0.5, 0.6) is 0 Å². The number of hydrogen-bond donors (Lipinski definition) is 1. The van der Waals surface area contributed by atoms with Crippen molar-refractivity contribution in [2.75, 3.05) is 26.8 Å². The molecule has 0 aliphatic carbocycles. The highest BCUT2D eigenvalue weighted by molar-refractivity contribution is 7.89. The predicted octanol–water partition coefficient (Wildman–Crippen LogP) is 1.35. The molecule has 0 aliphatic rings. The summed E-state index contributed by atoms with van der Waals surface area (Å²) in [6.45, 7) is 3.53. The quantitative estimate of drug-likeness (QED) is 0.732. The molecule has 0 amide bonds. The monoisotopic (exact) mass is 317 g/mol. The number of rotatable bonds is 8. The molecule has 6 nitrogen and oxygen atoms in total. The van der Waals surface area contributed by atoms with Gasteiger partial charge in [-0.15, -0.1) is 6.58 Å². The number of aromatic carboxylic acids is 1. The number of ether oxygens (including phenoxy) is 1. The Morgan fingerprint density at radius 1 is 1.52 bits per heavy atom. The van der Waals surface area contributed by atoms with Gasteiger partial charge in [-0.05, 0) is 18.2 Å². The normalized spacial score (nSPS) is 11.6. The number of carbonyl (C=O) groups is 1. The standard InChI is InChI=1S/C13H16FNO5S/c1-3-6-15(7-8-20-2)21(18,19)12-9-10(13(16)17)4-5-11(12)14/h3-5,9H,1,6-8H2,2H3,(H,16,17). The van der Waals surface area contributed by atoms with Crippen LogP contribution in [0.4, 0.5) is 4.39 Å². The predicted molar refractivity (Wildman–Crippen MR) is 74.2 cm³/mol. The molecule has 1 aromatic carbocycles. The molecule has 0 aromatic heterocycles. The van der Waals surface area contributed by atoms with Crippen molar-refractivity contribution in [3.05, 3.63) is 42.2 Å². The molecule has 1 rings (SSSR count). The molecular formula is C13H16FNO5S. The average Bonchev–Trinajstić information content (AvgIpc) is 2.43. The molecule has 0 heterocycles. The van der Waals surface area contributed by atoms with E-state index < -0.39 is 26.7 Å². The molecule has 0 fully saturated rings. The molecule has 1 aromatic rings. The van der Waals surface area contributed by atoms with E-state index in [4.69, 9.17) is 9.84 Å². The molecule has 1 N–H and O–H groups in total. The topological polar surface area (TPSA) is 83.9 Å². The summed E-state index contributed by atoms with van der Waals surface area (Å²) in [6, 6.07) is 2.62. The van der Waals surface area contributed by atoms with Crippen molar-refractivity contribution in [1.82, 2.24) is 4.31 Å². The third-order valence-electron chi connectivity index (χ3n) is 2.67. The SMILES string of the molecule is C=CCN(CCOC)S(=O)(=O)c1cc(C(=O)O)ccc1F. The zero-order valence-electron chi connectivity index (χ0n) is 11.5. The number of halogens is 1. The van der Waals surface area contributed by atoms with Gasteiger partial charge in [0.2, 0.25) is 10.0 Å². The van der Waals surface area contributed by atoms with Crippen LogP contribution in [0, 0.1) is 5.82 Å². The Bertz CT molecular complexity index is 629. The zero-order chi connectivity index (χ0) is 16.0. The second-order valence-corrected chi connectivity index (χ2v) is 6.00. The van der Waals surface area contributed by atoms with Crippen LogP contribution in [0.2, 0.25) is 0 Å². The third-order valence-corrected chi connectivity index (χ3v) is 4.55. The first-order valence-corrected chi connectivity index (χ1v) is 7.41. The summed E-state index contributed by atoms with van der Waals surface area (Å²) in [5, 5.41) is 8.88. The summed E-state index contributed by atoms with van der Waals surface area (Å²) in [5.74, 6) is -2.34. The van der Waals surface area contributed by atoms with E-state index in [2.05, 4.69) is 6.58 Å². The maximum Gasteiger partial charge on any atom is 0.335 e. The number of carboxylic acid groups (broad SMARTS) is 1. The van der Waals surface area contributed by atoms with Crippen LogP contribution >= 0.6 is 0 Å². The second-order valence-electron chi connectivity index (χ2n) is 4.09. The van der Waals surface area contributed by atoms with Gasteiger partial charge < -0.3 is 9.84 Å². The van der Waals surface area contributed by atoms with Crippen molar-refractivity contribution in [3.63, 3.8) is 0 Å². The second kappa shape index (κ2) is 7.30. The van der Waals surface area contributed by atoms with Crippen LogP contribution in [0.15, 0.2) is 35.7 Å². The van der Waals surface area contributed by atoms with E-state index in [0.717, 1.165) is 22.5 Å². The van der Waals surface area contributed by atoms with Gasteiger partial charge in [0.05, 0.1) is 12.2 Å². The summed E-state index contributed by atoms with van der Waals surface area (Å²) < 4.78 is 44.4. The summed E-state index contributed by atoms with van der Waals surface area (Å²) in [7, 11) is -2.77. The van der Waals surface area contributed by atoms with Gasteiger partial charge in [0, 0.05) is 20.2 Å². The molecule has 0 spiro atoms. The van der Waals surface area contributed by atoms with Gasteiger partial charge in [-0.2, -0.15) is 4.31 Å². The minimum Gasteiger partial charge on any atom is -0.478 e. The minimum absolute atomic E-state index is 0.00158. The zero-order valence-corrected chi connectivity index (χ0v) is 12.3. The maximum absolute atomic E-state index is 13.8. The van der Waals surface area contributed by atoms with Gasteiger partial charge in [0.1, 0.15) is 10.7 Å². The molecule has 0 saturated heterocycles. The lowest BCUT2D eigenvalue weighted by molar-refractivity contribution is 0.0696. The summed E-state index contributed by atoms with van der Waals surface area (Å²) >= 11 is 0. The molecule has 116 valence electrons. The Morgan fingerprint density at radius 2 is 2.19 bits per heavy atom. The lowest BCUT2D eigenvalue weighted by Gasteiger charge is -2.20. The molecule has 0 aliphatic heterocycles. The Balaban J connectivity index is 3.29. The van der Waals surface area contributed by atoms with Crippen LogP contribution in [0.25, 0.3) is 0 Å². The van der Waals surface area contributed by atoms with Crippen molar-refractivity contribution < 1.29 is 27.4 Å². The van der Waals surface area contributed by atoms with Crippen LogP contribution in [-0.2, 0) is 14.8 Å². The van der Waals surface area contributed by atoms with Crippen molar-refractivity contribution >= 4 is 16.0 Å². The number of methoxy groups -OCH3 is 1. The number of nitrogens with zero attached hydrogens (tertiary/aromatic N) is 1. The Labute approximate surface area is 122 Å². The molecule has 8 heteroatoms. The van der Waals surface area contributed by atoms with Crippen LogP contribution in [-0.4, -0.2) is 50.6 Å². The Kier molecular flexibility index (Phi) is 6.01. The third kappa shape index (κ3) is 4.10. The van der Waals surface area contributed by atoms with E-state index in [1.807, 2.05) is 0 Å². The van der Waals surface area contributed by atoms with Gasteiger partial charge >= 0.3 is 5.97 Å². The van der Waals surface area contributed by atoms with Gasteiger partial charge in [-0.1, -0.05) is 6.08 Å². The number of carboxylic acids is 1. The average molecular weight is 317 g/mol. The molecule has 0 atom stereocenters. The van der Waals surface area contributed by atoms with Crippen LogP contribution in [0.1, 0.15) is 10.4 Å². The van der Waals surface area contributed by atoms with E-state index in [1.165, 1.54) is 13.2 Å². The molecule has 0 bridgehead atoms. The Morgan fingerprint density at radius 3 is 2.71 bits per heavy atom. The van der Waals surface area contributed by atoms with Gasteiger partial charge in [-0.3, -0.25) is 0 Å². The molecule has 0 saturated carbocycles. The van der Waals surface area contributed by atoms with Crippen LogP contribution in [0.3, 0.4) is 0 Å². The number of sulfonamides is 1. The first kappa shape index (κ1) is 17.3. The van der Waals surface area contributed by atoms with Crippen molar-refractivity contribution in [2.45, 2.75) is 4.90 Å². The highest BCUT2D eigenvalue weighted by Gasteiger charge is 2.27.